The molecule has 0 radical (unpaired) electrons. The Morgan fingerprint density at radius 2 is 1.12 bits per heavy atom. The van der Waals surface area contributed by atoms with Crippen molar-refractivity contribution < 1.29 is 9.59 Å². The van der Waals surface area contributed by atoms with E-state index >= 15 is 0 Å². The first-order valence-corrected chi connectivity index (χ1v) is 8.36. The molecule has 8 nitrogen and oxygen atoms in total. The summed E-state index contributed by atoms with van der Waals surface area (Å²) in [5, 5.41) is 5.65. The fourth-order valence-corrected chi connectivity index (χ4v) is 2.20. The maximum absolute atomic E-state index is 11.7. The van der Waals surface area contributed by atoms with Crippen molar-refractivity contribution in [1.82, 2.24) is 30.6 Å². The number of nitrogens with zero attached hydrogens (tertiary/aromatic N) is 4. The lowest BCUT2D eigenvalue weighted by atomic mass is 10.1. The summed E-state index contributed by atoms with van der Waals surface area (Å²) in [6.45, 7) is 1.25. The van der Waals surface area contributed by atoms with Crippen molar-refractivity contribution in [2.75, 3.05) is 13.1 Å². The second-order valence-electron chi connectivity index (χ2n) is 5.46. The van der Waals surface area contributed by atoms with E-state index in [-0.39, 0.29) is 11.8 Å². The van der Waals surface area contributed by atoms with Gasteiger partial charge in [0.1, 0.15) is 11.4 Å². The zero-order valence-corrected chi connectivity index (χ0v) is 14.0. The highest BCUT2D eigenvalue weighted by Crippen LogP contribution is 2.02. The topological polar surface area (TPSA) is 110 Å². The third-order valence-electron chi connectivity index (χ3n) is 3.52. The molecule has 0 aliphatic carbocycles. The number of aromatic nitrogens is 4. The number of nitrogens with one attached hydrogen (secondary N) is 2. The second kappa shape index (κ2) is 10.8. The molecule has 0 aliphatic rings. The number of hydrogen-bond donors (Lipinski definition) is 2. The minimum Gasteiger partial charge on any atom is -0.351 e. The molecular weight excluding hydrogens is 320 g/mol. The minimum atomic E-state index is -0.195. The molecule has 2 rings (SSSR count). The highest BCUT2D eigenvalue weighted by molar-refractivity contribution is 5.92. The van der Waals surface area contributed by atoms with Crippen LogP contribution in [-0.2, 0) is 0 Å². The lowest BCUT2D eigenvalue weighted by Gasteiger charge is -2.05. The molecule has 2 amide bonds. The van der Waals surface area contributed by atoms with Crippen LogP contribution in [0.3, 0.4) is 0 Å². The van der Waals surface area contributed by atoms with Crippen molar-refractivity contribution in [1.29, 1.82) is 0 Å². The summed E-state index contributed by atoms with van der Waals surface area (Å²) in [7, 11) is 0. The van der Waals surface area contributed by atoms with Crippen molar-refractivity contribution in [2.24, 2.45) is 0 Å². The Hall–Kier alpha value is -2.90. The number of rotatable bonds is 10. The first-order chi connectivity index (χ1) is 12.3. The van der Waals surface area contributed by atoms with Crippen molar-refractivity contribution in [3.63, 3.8) is 0 Å². The molecule has 0 bridgehead atoms. The molecule has 132 valence electrons. The number of carbonyl (C=O) groups excluding carboxylic acids is 2. The maximum atomic E-state index is 11.7. The molecule has 0 saturated heterocycles. The van der Waals surface area contributed by atoms with E-state index in [1.165, 1.54) is 37.2 Å². The quantitative estimate of drug-likeness (QED) is 0.631. The summed E-state index contributed by atoms with van der Waals surface area (Å²) in [4.78, 5) is 39.1. The number of amides is 2. The Morgan fingerprint density at radius 1 is 0.680 bits per heavy atom. The zero-order chi connectivity index (χ0) is 17.7. The van der Waals surface area contributed by atoms with Gasteiger partial charge in [-0.25, -0.2) is 9.97 Å². The van der Waals surface area contributed by atoms with E-state index in [4.69, 9.17) is 0 Å². The molecule has 2 aromatic heterocycles. The third-order valence-corrected chi connectivity index (χ3v) is 3.52. The van der Waals surface area contributed by atoms with Crippen LogP contribution < -0.4 is 10.6 Å². The summed E-state index contributed by atoms with van der Waals surface area (Å²) in [6, 6.07) is 0. The highest BCUT2D eigenvalue weighted by Gasteiger charge is 2.06. The number of carbonyl (C=O) groups is 2. The molecule has 0 aliphatic heterocycles. The van der Waals surface area contributed by atoms with E-state index in [1.807, 2.05) is 0 Å². The Labute approximate surface area is 146 Å². The van der Waals surface area contributed by atoms with Gasteiger partial charge in [0.2, 0.25) is 0 Å². The van der Waals surface area contributed by atoms with Gasteiger partial charge < -0.3 is 10.6 Å². The third kappa shape index (κ3) is 7.03. The molecule has 25 heavy (non-hydrogen) atoms. The molecule has 2 aromatic rings. The van der Waals surface area contributed by atoms with Gasteiger partial charge in [-0.2, -0.15) is 0 Å². The van der Waals surface area contributed by atoms with Gasteiger partial charge in [0.05, 0.1) is 12.4 Å². The summed E-state index contributed by atoms with van der Waals surface area (Å²) >= 11 is 0. The molecule has 0 spiro atoms. The van der Waals surface area contributed by atoms with Gasteiger partial charge in [-0.05, 0) is 12.8 Å². The molecule has 8 heteroatoms. The van der Waals surface area contributed by atoms with Gasteiger partial charge in [-0.15, -0.1) is 0 Å². The molecule has 0 aromatic carbocycles. The van der Waals surface area contributed by atoms with Gasteiger partial charge >= 0.3 is 0 Å². The van der Waals surface area contributed by atoms with Crippen LogP contribution in [0.1, 0.15) is 53.1 Å². The number of hydrogen-bond acceptors (Lipinski definition) is 6. The summed E-state index contributed by atoms with van der Waals surface area (Å²) in [5.41, 5.74) is 0.669. The van der Waals surface area contributed by atoms with Gasteiger partial charge in [0.25, 0.3) is 11.8 Å². The largest absolute Gasteiger partial charge is 0.351 e. The number of unbranched alkanes of at least 4 members (excludes halogenated alkanes) is 4. The van der Waals surface area contributed by atoms with Crippen LogP contribution in [0.15, 0.2) is 37.2 Å². The SMILES string of the molecule is O=C(NCCCCCCCNC(=O)c1cnccn1)c1cnccn1. The molecule has 2 heterocycles. The van der Waals surface area contributed by atoms with E-state index in [2.05, 4.69) is 30.6 Å². The minimum absolute atomic E-state index is 0.195. The zero-order valence-electron chi connectivity index (χ0n) is 14.0. The fraction of sp³-hybridized carbons (Fsp3) is 0.412. The van der Waals surface area contributed by atoms with Crippen LogP contribution >= 0.6 is 0 Å². The predicted octanol–water partition coefficient (Wildman–Crippen LogP) is 1.38. The van der Waals surface area contributed by atoms with Gasteiger partial charge in [0.15, 0.2) is 0 Å². The Balaban J connectivity index is 1.45. The summed E-state index contributed by atoms with van der Waals surface area (Å²) in [6.07, 6.45) is 13.9. The van der Waals surface area contributed by atoms with E-state index in [1.54, 1.807) is 0 Å². The average Bonchev–Trinajstić information content (AvgIpc) is 2.67. The average molecular weight is 342 g/mol. The van der Waals surface area contributed by atoms with E-state index in [9.17, 15) is 9.59 Å². The highest BCUT2D eigenvalue weighted by atomic mass is 16.2. The van der Waals surface area contributed by atoms with Gasteiger partial charge in [-0.3, -0.25) is 19.6 Å². The molecule has 0 saturated carbocycles. The smallest absolute Gasteiger partial charge is 0.271 e. The van der Waals surface area contributed by atoms with Crippen LogP contribution in [-0.4, -0.2) is 44.8 Å². The molecule has 0 fully saturated rings. The molecule has 0 atom stereocenters. The Kier molecular flexibility index (Phi) is 7.96. The first kappa shape index (κ1) is 18.4. The second-order valence-corrected chi connectivity index (χ2v) is 5.46. The van der Waals surface area contributed by atoms with Crippen molar-refractivity contribution in [3.05, 3.63) is 48.6 Å². The van der Waals surface area contributed by atoms with Crippen molar-refractivity contribution in [3.8, 4) is 0 Å². The van der Waals surface area contributed by atoms with Crippen molar-refractivity contribution in [2.45, 2.75) is 32.1 Å². The standard InChI is InChI=1S/C17H22N6O2/c24-16(14-12-18-8-10-20-14)22-6-4-2-1-3-5-7-23-17(25)15-13-19-9-11-21-15/h8-13H,1-7H2,(H,22,24)(H,23,25). The monoisotopic (exact) mass is 342 g/mol. The van der Waals surface area contributed by atoms with Crippen molar-refractivity contribution >= 4 is 11.8 Å². The van der Waals surface area contributed by atoms with E-state index in [0.29, 0.717) is 24.5 Å². The maximum Gasteiger partial charge on any atom is 0.271 e. The lowest BCUT2D eigenvalue weighted by Crippen LogP contribution is -2.25. The van der Waals surface area contributed by atoms with Crippen LogP contribution in [0.2, 0.25) is 0 Å². The van der Waals surface area contributed by atoms with Crippen LogP contribution in [0, 0.1) is 0 Å². The molecular formula is C17H22N6O2. The van der Waals surface area contributed by atoms with Crippen LogP contribution in [0.25, 0.3) is 0 Å². The summed E-state index contributed by atoms with van der Waals surface area (Å²) < 4.78 is 0. The molecule has 0 unspecified atom stereocenters. The predicted molar refractivity (Wildman–Crippen MR) is 91.8 cm³/mol. The fourth-order valence-electron chi connectivity index (χ4n) is 2.20. The first-order valence-electron chi connectivity index (χ1n) is 8.36. The molecule has 2 N–H and O–H groups in total. The van der Waals surface area contributed by atoms with Crippen LogP contribution in [0.4, 0.5) is 0 Å². The summed E-state index contributed by atoms with van der Waals surface area (Å²) in [5.74, 6) is -0.389. The Bertz CT molecular complexity index is 593. The van der Waals surface area contributed by atoms with E-state index in [0.717, 1.165) is 32.1 Å². The normalized spacial score (nSPS) is 10.2. The Morgan fingerprint density at radius 3 is 1.52 bits per heavy atom. The van der Waals surface area contributed by atoms with Gasteiger partial charge in [0, 0.05) is 37.9 Å². The van der Waals surface area contributed by atoms with Gasteiger partial charge in [-0.1, -0.05) is 19.3 Å². The van der Waals surface area contributed by atoms with E-state index < -0.39 is 0 Å². The lowest BCUT2D eigenvalue weighted by molar-refractivity contribution is 0.0940. The van der Waals surface area contributed by atoms with Crippen LogP contribution in [0.5, 0.6) is 0 Å².